The normalized spacial score (nSPS) is 12.1. The van der Waals surface area contributed by atoms with Crippen LogP contribution in [0.25, 0.3) is 0 Å². The van der Waals surface area contributed by atoms with Gasteiger partial charge in [0.25, 0.3) is 0 Å². The van der Waals surface area contributed by atoms with E-state index in [0.29, 0.717) is 5.92 Å². The minimum absolute atomic E-state index is 0.612. The van der Waals surface area contributed by atoms with Crippen LogP contribution in [-0.4, -0.2) is 14.7 Å². The fraction of sp³-hybridized carbons (Fsp3) is 0.571. The largest absolute Gasteiger partial charge is 0.377 e. The van der Waals surface area contributed by atoms with E-state index in [4.69, 9.17) is 4.74 Å². The van der Waals surface area contributed by atoms with E-state index in [1.54, 1.807) is 0 Å². The van der Waals surface area contributed by atoms with Crippen LogP contribution in [0.1, 0.15) is 19.4 Å². The second kappa shape index (κ2) is 5.64. The molecular weight excluding hydrogens is 212 g/mol. The minimum Gasteiger partial charge on any atom is -0.377 e. The molecule has 0 amide bonds. The summed E-state index contributed by atoms with van der Waals surface area (Å²) < 4.78 is 5.62. The van der Waals surface area contributed by atoms with Gasteiger partial charge >= 0.3 is 0 Å². The molecule has 1 rings (SSSR count). The molecule has 2 heteroatoms. The van der Waals surface area contributed by atoms with E-state index in [0.717, 1.165) is 13.2 Å². The lowest BCUT2D eigenvalue weighted by Gasteiger charge is -2.16. The standard InChI is InChI=1S/C14H24OSi/c1-12(2)10-15-11-13-6-8-14(9-7-13)16(3,4)5/h6-9,12H,10-11H2,1-5H3. The van der Waals surface area contributed by atoms with E-state index < -0.39 is 8.07 Å². The zero-order valence-corrected chi connectivity index (χ0v) is 12.2. The molecule has 0 aliphatic heterocycles. The Morgan fingerprint density at radius 2 is 1.62 bits per heavy atom. The summed E-state index contributed by atoms with van der Waals surface area (Å²) in [6.07, 6.45) is 0. The van der Waals surface area contributed by atoms with Crippen LogP contribution < -0.4 is 5.19 Å². The predicted molar refractivity (Wildman–Crippen MR) is 73.9 cm³/mol. The number of hydrogen-bond acceptors (Lipinski definition) is 1. The second-order valence-corrected chi connectivity index (χ2v) is 10.9. The Kier molecular flexibility index (Phi) is 4.75. The van der Waals surface area contributed by atoms with Gasteiger partial charge in [0.05, 0.1) is 14.7 Å². The molecule has 0 N–H and O–H groups in total. The Balaban J connectivity index is 2.52. The van der Waals surface area contributed by atoms with Crippen molar-refractivity contribution in [3.05, 3.63) is 29.8 Å². The number of rotatable bonds is 5. The quantitative estimate of drug-likeness (QED) is 0.712. The van der Waals surface area contributed by atoms with Crippen molar-refractivity contribution < 1.29 is 4.74 Å². The summed E-state index contributed by atoms with van der Waals surface area (Å²) in [5, 5.41) is 1.51. The van der Waals surface area contributed by atoms with Crippen molar-refractivity contribution in [3.8, 4) is 0 Å². The van der Waals surface area contributed by atoms with Gasteiger partial charge in [-0.2, -0.15) is 0 Å². The Hall–Kier alpha value is -0.603. The molecule has 0 spiro atoms. The van der Waals surface area contributed by atoms with E-state index in [1.165, 1.54) is 10.8 Å². The van der Waals surface area contributed by atoms with Gasteiger partial charge in [0.1, 0.15) is 0 Å². The minimum atomic E-state index is -1.15. The molecule has 0 heterocycles. The van der Waals surface area contributed by atoms with Gasteiger partial charge in [0, 0.05) is 6.61 Å². The van der Waals surface area contributed by atoms with Gasteiger partial charge in [-0.25, -0.2) is 0 Å². The second-order valence-electron chi connectivity index (χ2n) is 5.86. The van der Waals surface area contributed by atoms with Crippen molar-refractivity contribution in [2.24, 2.45) is 5.92 Å². The highest BCUT2D eigenvalue weighted by molar-refractivity contribution is 6.88. The Bertz CT molecular complexity index is 309. The Morgan fingerprint density at radius 1 is 1.06 bits per heavy atom. The molecular formula is C14H24OSi. The van der Waals surface area contributed by atoms with Gasteiger partial charge < -0.3 is 4.74 Å². The fourth-order valence-corrected chi connectivity index (χ4v) is 2.68. The molecule has 1 aromatic rings. The van der Waals surface area contributed by atoms with Gasteiger partial charge in [0.2, 0.25) is 0 Å². The maximum Gasteiger partial charge on any atom is 0.0775 e. The summed E-state index contributed by atoms with van der Waals surface area (Å²) in [6, 6.07) is 8.93. The van der Waals surface area contributed by atoms with Gasteiger partial charge in [-0.05, 0) is 11.5 Å². The van der Waals surface area contributed by atoms with Crippen molar-refractivity contribution in [1.29, 1.82) is 0 Å². The van der Waals surface area contributed by atoms with Crippen molar-refractivity contribution in [2.75, 3.05) is 6.61 Å². The van der Waals surface area contributed by atoms with Gasteiger partial charge in [0.15, 0.2) is 0 Å². The Morgan fingerprint density at radius 3 is 2.06 bits per heavy atom. The van der Waals surface area contributed by atoms with Crippen LogP contribution in [0.5, 0.6) is 0 Å². The first kappa shape index (κ1) is 13.5. The molecule has 0 aliphatic carbocycles. The van der Waals surface area contributed by atoms with Gasteiger partial charge in [-0.15, -0.1) is 0 Å². The third-order valence-corrected chi connectivity index (χ3v) is 4.61. The fourth-order valence-electron chi connectivity index (χ4n) is 1.51. The van der Waals surface area contributed by atoms with Crippen LogP contribution in [0.3, 0.4) is 0 Å². The van der Waals surface area contributed by atoms with E-state index >= 15 is 0 Å². The zero-order chi connectivity index (χ0) is 12.2. The molecule has 0 bridgehead atoms. The average molecular weight is 236 g/mol. The van der Waals surface area contributed by atoms with E-state index in [1.807, 2.05) is 0 Å². The van der Waals surface area contributed by atoms with Crippen LogP contribution in [0.2, 0.25) is 19.6 Å². The highest BCUT2D eigenvalue weighted by Crippen LogP contribution is 2.06. The summed E-state index contributed by atoms with van der Waals surface area (Å²) in [5.41, 5.74) is 1.28. The van der Waals surface area contributed by atoms with Crippen LogP contribution in [0, 0.1) is 5.92 Å². The van der Waals surface area contributed by atoms with Gasteiger partial charge in [-0.3, -0.25) is 0 Å². The molecule has 0 aliphatic rings. The van der Waals surface area contributed by atoms with Crippen LogP contribution >= 0.6 is 0 Å². The average Bonchev–Trinajstić information content (AvgIpc) is 2.16. The lowest BCUT2D eigenvalue weighted by atomic mass is 10.2. The first-order chi connectivity index (χ1) is 7.39. The lowest BCUT2D eigenvalue weighted by Crippen LogP contribution is -2.37. The molecule has 90 valence electrons. The summed E-state index contributed by atoms with van der Waals surface area (Å²) >= 11 is 0. The van der Waals surface area contributed by atoms with Gasteiger partial charge in [-0.1, -0.05) is 62.9 Å². The topological polar surface area (TPSA) is 9.23 Å². The zero-order valence-electron chi connectivity index (χ0n) is 11.2. The smallest absolute Gasteiger partial charge is 0.0775 e. The molecule has 0 atom stereocenters. The summed E-state index contributed by atoms with van der Waals surface area (Å²) in [7, 11) is -1.15. The van der Waals surface area contributed by atoms with Crippen LogP contribution in [-0.2, 0) is 11.3 Å². The Labute approximate surface area is 101 Å². The molecule has 0 fully saturated rings. The van der Waals surface area contributed by atoms with E-state index in [-0.39, 0.29) is 0 Å². The van der Waals surface area contributed by atoms with Crippen LogP contribution in [0.4, 0.5) is 0 Å². The number of hydrogen-bond donors (Lipinski definition) is 0. The van der Waals surface area contributed by atoms with Crippen molar-refractivity contribution >= 4 is 13.3 Å². The summed E-state index contributed by atoms with van der Waals surface area (Å²) in [6.45, 7) is 13.0. The van der Waals surface area contributed by atoms with E-state index in [9.17, 15) is 0 Å². The molecule has 0 saturated carbocycles. The SMILES string of the molecule is CC(C)COCc1ccc([Si](C)(C)C)cc1. The highest BCUT2D eigenvalue weighted by atomic mass is 28.3. The van der Waals surface area contributed by atoms with E-state index in [2.05, 4.69) is 57.8 Å². The third-order valence-electron chi connectivity index (χ3n) is 2.54. The van der Waals surface area contributed by atoms with Crippen molar-refractivity contribution in [3.63, 3.8) is 0 Å². The molecule has 0 saturated heterocycles. The van der Waals surface area contributed by atoms with Crippen molar-refractivity contribution in [2.45, 2.75) is 40.1 Å². The maximum atomic E-state index is 5.62. The molecule has 1 aromatic carbocycles. The number of benzene rings is 1. The van der Waals surface area contributed by atoms with Crippen molar-refractivity contribution in [1.82, 2.24) is 0 Å². The lowest BCUT2D eigenvalue weighted by molar-refractivity contribution is 0.0971. The molecule has 16 heavy (non-hydrogen) atoms. The third kappa shape index (κ3) is 4.50. The first-order valence-electron chi connectivity index (χ1n) is 6.07. The molecule has 0 unspecified atom stereocenters. The first-order valence-corrected chi connectivity index (χ1v) is 9.57. The maximum absolute atomic E-state index is 5.62. The monoisotopic (exact) mass is 236 g/mol. The predicted octanol–water partition coefficient (Wildman–Crippen LogP) is 3.40. The molecule has 1 nitrogen and oxygen atoms in total. The summed E-state index contributed by atoms with van der Waals surface area (Å²) in [5.74, 6) is 0.612. The molecule has 0 radical (unpaired) electrons. The highest BCUT2D eigenvalue weighted by Gasteiger charge is 2.15. The summed E-state index contributed by atoms with van der Waals surface area (Å²) in [4.78, 5) is 0. The molecule has 0 aromatic heterocycles. The van der Waals surface area contributed by atoms with Crippen LogP contribution in [0.15, 0.2) is 24.3 Å². The number of ether oxygens (including phenoxy) is 1.